The number of furan rings is 1. The van der Waals surface area contributed by atoms with Crippen molar-refractivity contribution < 1.29 is 13.9 Å². The number of hydrogen-bond donors (Lipinski definition) is 0. The van der Waals surface area contributed by atoms with E-state index < -0.39 is 0 Å². The molecule has 116 valence electrons. The summed E-state index contributed by atoms with van der Waals surface area (Å²) >= 11 is 5.99. The summed E-state index contributed by atoms with van der Waals surface area (Å²) in [5, 5.41) is 1.52. The van der Waals surface area contributed by atoms with Crippen LogP contribution in [-0.4, -0.2) is 36.6 Å². The van der Waals surface area contributed by atoms with Crippen LogP contribution in [0.3, 0.4) is 0 Å². The zero-order valence-corrected chi connectivity index (χ0v) is 13.0. The predicted octanol–water partition coefficient (Wildman–Crippen LogP) is 3.73. The summed E-state index contributed by atoms with van der Waals surface area (Å²) in [5.41, 5.74) is 0.702. The Morgan fingerprint density at radius 2 is 2.14 bits per heavy atom. The number of carbonyl (C=O) groups excluding carboxylic acids is 1. The fourth-order valence-electron chi connectivity index (χ4n) is 3.05. The van der Waals surface area contributed by atoms with E-state index in [1.54, 1.807) is 18.2 Å². The maximum atomic E-state index is 12.8. The van der Waals surface area contributed by atoms with Crippen LogP contribution in [-0.2, 0) is 4.74 Å². The van der Waals surface area contributed by atoms with Crippen LogP contribution < -0.4 is 0 Å². The highest BCUT2D eigenvalue weighted by atomic mass is 35.5. The van der Waals surface area contributed by atoms with Gasteiger partial charge in [-0.25, -0.2) is 0 Å². The van der Waals surface area contributed by atoms with Gasteiger partial charge in [-0.3, -0.25) is 4.79 Å². The molecule has 0 N–H and O–H groups in total. The topological polar surface area (TPSA) is 42.7 Å². The van der Waals surface area contributed by atoms with E-state index in [1.165, 1.54) is 0 Å². The summed E-state index contributed by atoms with van der Waals surface area (Å²) in [6.07, 6.45) is 3.21. The monoisotopic (exact) mass is 319 g/mol. The first kappa shape index (κ1) is 14.1. The summed E-state index contributed by atoms with van der Waals surface area (Å²) in [4.78, 5) is 14.8. The molecule has 0 spiro atoms. The number of nitrogens with zero attached hydrogens (tertiary/aromatic N) is 1. The third kappa shape index (κ3) is 2.73. The Kier molecular flexibility index (Phi) is 3.59. The van der Waals surface area contributed by atoms with E-state index in [1.807, 2.05) is 11.0 Å². The number of benzene rings is 1. The Morgan fingerprint density at radius 3 is 2.86 bits per heavy atom. The van der Waals surface area contributed by atoms with Crippen LogP contribution in [0, 0.1) is 5.92 Å². The molecule has 2 aromatic rings. The summed E-state index contributed by atoms with van der Waals surface area (Å²) in [6, 6.07) is 7.56. The lowest BCUT2D eigenvalue weighted by Crippen LogP contribution is -2.37. The molecule has 22 heavy (non-hydrogen) atoms. The Balaban J connectivity index is 1.58. The molecule has 1 aliphatic carbocycles. The molecule has 1 unspecified atom stereocenters. The minimum absolute atomic E-state index is 0.0123. The minimum Gasteiger partial charge on any atom is -0.451 e. The SMILES string of the molecule is O=C(c1cc2cc(Cl)ccc2o1)N(CC1CCOC1)C1CC1. The van der Waals surface area contributed by atoms with Gasteiger partial charge in [0.1, 0.15) is 5.58 Å². The fraction of sp³-hybridized carbons (Fsp3) is 0.471. The maximum absolute atomic E-state index is 12.8. The quantitative estimate of drug-likeness (QED) is 0.862. The van der Waals surface area contributed by atoms with Gasteiger partial charge in [0.15, 0.2) is 5.76 Å². The van der Waals surface area contributed by atoms with E-state index in [0.717, 1.165) is 44.4 Å². The van der Waals surface area contributed by atoms with Gasteiger partial charge in [-0.05, 0) is 43.5 Å². The van der Waals surface area contributed by atoms with Crippen LogP contribution in [0.1, 0.15) is 29.8 Å². The molecule has 4 nitrogen and oxygen atoms in total. The molecule has 0 bridgehead atoms. The first-order chi connectivity index (χ1) is 10.7. The average molecular weight is 320 g/mol. The largest absolute Gasteiger partial charge is 0.451 e. The third-order valence-corrected chi connectivity index (χ3v) is 4.65. The summed E-state index contributed by atoms with van der Waals surface area (Å²) in [6.45, 7) is 2.33. The van der Waals surface area contributed by atoms with Crippen molar-refractivity contribution in [3.63, 3.8) is 0 Å². The van der Waals surface area contributed by atoms with Crippen molar-refractivity contribution in [1.29, 1.82) is 0 Å². The lowest BCUT2D eigenvalue weighted by Gasteiger charge is -2.24. The average Bonchev–Trinajstić information content (AvgIpc) is 3.06. The van der Waals surface area contributed by atoms with Crippen molar-refractivity contribution in [2.45, 2.75) is 25.3 Å². The highest BCUT2D eigenvalue weighted by Crippen LogP contribution is 2.32. The molecule has 1 aromatic carbocycles. The summed E-state index contributed by atoms with van der Waals surface area (Å²) in [5.74, 6) is 0.841. The van der Waals surface area contributed by atoms with Crippen LogP contribution in [0.4, 0.5) is 0 Å². The molecule has 2 fully saturated rings. The van der Waals surface area contributed by atoms with Crippen molar-refractivity contribution in [3.05, 3.63) is 35.0 Å². The van der Waals surface area contributed by atoms with E-state index in [0.29, 0.717) is 28.3 Å². The number of fused-ring (bicyclic) bond motifs is 1. The second-order valence-electron chi connectivity index (χ2n) is 6.21. The lowest BCUT2D eigenvalue weighted by atomic mass is 10.1. The van der Waals surface area contributed by atoms with Crippen LogP contribution in [0.25, 0.3) is 11.0 Å². The van der Waals surface area contributed by atoms with Crippen LogP contribution in [0.2, 0.25) is 5.02 Å². The molecular weight excluding hydrogens is 302 g/mol. The molecule has 2 heterocycles. The highest BCUT2D eigenvalue weighted by molar-refractivity contribution is 6.31. The van der Waals surface area contributed by atoms with Gasteiger partial charge in [0, 0.05) is 35.5 Å². The zero-order chi connectivity index (χ0) is 15.1. The van der Waals surface area contributed by atoms with Gasteiger partial charge in [-0.15, -0.1) is 0 Å². The smallest absolute Gasteiger partial charge is 0.289 e. The van der Waals surface area contributed by atoms with Crippen molar-refractivity contribution >= 4 is 28.5 Å². The van der Waals surface area contributed by atoms with Crippen LogP contribution in [0.15, 0.2) is 28.7 Å². The van der Waals surface area contributed by atoms with E-state index in [4.69, 9.17) is 20.8 Å². The Hall–Kier alpha value is -1.52. The number of amides is 1. The van der Waals surface area contributed by atoms with E-state index in [9.17, 15) is 4.79 Å². The van der Waals surface area contributed by atoms with Crippen molar-refractivity contribution in [2.24, 2.45) is 5.92 Å². The fourth-order valence-corrected chi connectivity index (χ4v) is 3.23. The molecule has 5 heteroatoms. The van der Waals surface area contributed by atoms with Crippen molar-refractivity contribution in [2.75, 3.05) is 19.8 Å². The standard InChI is InChI=1S/C17H18ClNO3/c18-13-1-4-15-12(7-13)8-16(22-15)17(20)19(14-2-3-14)9-11-5-6-21-10-11/h1,4,7-8,11,14H,2-3,5-6,9-10H2. The number of halogens is 1. The molecule has 0 radical (unpaired) electrons. The van der Waals surface area contributed by atoms with Gasteiger partial charge in [0.05, 0.1) is 6.61 Å². The molecule has 1 atom stereocenters. The van der Waals surface area contributed by atoms with E-state index in [-0.39, 0.29) is 5.91 Å². The molecule has 1 aromatic heterocycles. The van der Waals surface area contributed by atoms with Gasteiger partial charge in [-0.2, -0.15) is 0 Å². The first-order valence-electron chi connectivity index (χ1n) is 7.78. The zero-order valence-electron chi connectivity index (χ0n) is 12.3. The van der Waals surface area contributed by atoms with Crippen LogP contribution in [0.5, 0.6) is 0 Å². The maximum Gasteiger partial charge on any atom is 0.289 e. The number of hydrogen-bond acceptors (Lipinski definition) is 3. The Morgan fingerprint density at radius 1 is 1.27 bits per heavy atom. The molecule has 1 saturated heterocycles. The van der Waals surface area contributed by atoms with Gasteiger partial charge >= 0.3 is 0 Å². The first-order valence-corrected chi connectivity index (χ1v) is 8.16. The highest BCUT2D eigenvalue weighted by Gasteiger charge is 2.36. The number of rotatable bonds is 4. The van der Waals surface area contributed by atoms with E-state index >= 15 is 0 Å². The summed E-state index contributed by atoms with van der Waals surface area (Å²) in [7, 11) is 0. The molecule has 2 aliphatic rings. The summed E-state index contributed by atoms with van der Waals surface area (Å²) < 4.78 is 11.2. The molecule has 1 saturated carbocycles. The second-order valence-corrected chi connectivity index (χ2v) is 6.65. The molecular formula is C17H18ClNO3. The minimum atomic E-state index is -0.0123. The Labute approximate surface area is 134 Å². The molecule has 1 amide bonds. The number of carbonyl (C=O) groups is 1. The van der Waals surface area contributed by atoms with Gasteiger partial charge in [-0.1, -0.05) is 11.6 Å². The van der Waals surface area contributed by atoms with Crippen molar-refractivity contribution in [1.82, 2.24) is 4.90 Å². The van der Waals surface area contributed by atoms with Gasteiger partial charge < -0.3 is 14.1 Å². The van der Waals surface area contributed by atoms with Crippen LogP contribution >= 0.6 is 11.6 Å². The van der Waals surface area contributed by atoms with Crippen molar-refractivity contribution in [3.8, 4) is 0 Å². The third-order valence-electron chi connectivity index (χ3n) is 4.42. The lowest BCUT2D eigenvalue weighted by molar-refractivity contribution is 0.0676. The molecule has 1 aliphatic heterocycles. The normalized spacial score (nSPS) is 21.4. The van der Waals surface area contributed by atoms with Gasteiger partial charge in [0.2, 0.25) is 0 Å². The van der Waals surface area contributed by atoms with Gasteiger partial charge in [0.25, 0.3) is 5.91 Å². The molecule has 4 rings (SSSR count). The van der Waals surface area contributed by atoms with E-state index in [2.05, 4.69) is 0 Å². The predicted molar refractivity (Wildman–Crippen MR) is 84.2 cm³/mol. The number of ether oxygens (including phenoxy) is 1. The Bertz CT molecular complexity index is 701. The second kappa shape index (κ2) is 5.60.